The van der Waals surface area contributed by atoms with Crippen molar-refractivity contribution < 1.29 is 0 Å². The van der Waals surface area contributed by atoms with Crippen molar-refractivity contribution in [3.63, 3.8) is 0 Å². The van der Waals surface area contributed by atoms with Crippen LogP contribution in [0.5, 0.6) is 0 Å². The van der Waals surface area contributed by atoms with Crippen LogP contribution in [-0.4, -0.2) is 0 Å². The molecule has 0 saturated carbocycles. The van der Waals surface area contributed by atoms with E-state index in [0.717, 1.165) is 17.1 Å². The summed E-state index contributed by atoms with van der Waals surface area (Å²) in [5.74, 6) is 0. The van der Waals surface area contributed by atoms with E-state index in [4.69, 9.17) is 0 Å². The van der Waals surface area contributed by atoms with Crippen molar-refractivity contribution in [2.45, 2.75) is 0 Å². The number of fused-ring (bicyclic) bond motifs is 5. The summed E-state index contributed by atoms with van der Waals surface area (Å²) in [4.78, 5) is 2.41. The maximum Gasteiger partial charge on any atom is 0.0468 e. The van der Waals surface area contributed by atoms with Gasteiger partial charge >= 0.3 is 0 Å². The Balaban J connectivity index is 1.14. The van der Waals surface area contributed by atoms with Gasteiger partial charge in [-0.3, -0.25) is 0 Å². The van der Waals surface area contributed by atoms with E-state index in [1.165, 1.54) is 87.6 Å². The van der Waals surface area contributed by atoms with E-state index in [1.807, 2.05) is 0 Å². The molecule has 0 unspecified atom stereocenters. The zero-order valence-electron chi connectivity index (χ0n) is 32.5. The van der Waals surface area contributed by atoms with Gasteiger partial charge < -0.3 is 4.90 Å². The third-order valence-corrected chi connectivity index (χ3v) is 11.8. The molecule has 0 fully saturated rings. The van der Waals surface area contributed by atoms with E-state index in [0.29, 0.717) is 0 Å². The predicted octanol–water partition coefficient (Wildman–Crippen LogP) is 16.4. The standard InChI is InChI=1S/C58H39N/c1-3-14-40(15-4-1)42-28-31-48(32-29-42)59(49-33-30-45-36-44(26-27-46(45)37-49)41-16-5-2-6-17-41)50-34-35-56(58(39-50)54-25-13-20-43-18-7-9-21-51(43)54)57-38-47-19-8-10-22-52(47)53-23-11-12-24-55(53)57/h1-39H. The maximum atomic E-state index is 2.41. The van der Waals surface area contributed by atoms with Gasteiger partial charge in [-0.25, -0.2) is 0 Å². The molecule has 11 aromatic rings. The summed E-state index contributed by atoms with van der Waals surface area (Å²) < 4.78 is 0. The first-order chi connectivity index (χ1) is 29.2. The molecule has 11 aromatic carbocycles. The molecule has 0 amide bonds. The molecular formula is C58H39N. The van der Waals surface area contributed by atoms with E-state index in [1.54, 1.807) is 0 Å². The van der Waals surface area contributed by atoms with Gasteiger partial charge in [0.1, 0.15) is 0 Å². The molecule has 0 aliphatic rings. The first kappa shape index (κ1) is 34.5. The second kappa shape index (κ2) is 14.6. The largest absolute Gasteiger partial charge is 0.310 e. The smallest absolute Gasteiger partial charge is 0.0468 e. The topological polar surface area (TPSA) is 3.24 Å². The minimum absolute atomic E-state index is 1.09. The van der Waals surface area contributed by atoms with E-state index in [2.05, 4.69) is 241 Å². The molecule has 0 heterocycles. The zero-order chi connectivity index (χ0) is 39.1. The maximum absolute atomic E-state index is 2.41. The first-order valence-corrected chi connectivity index (χ1v) is 20.3. The average Bonchev–Trinajstić information content (AvgIpc) is 3.32. The summed E-state index contributed by atoms with van der Waals surface area (Å²) in [5, 5.41) is 9.89. The van der Waals surface area contributed by atoms with Gasteiger partial charge in [-0.15, -0.1) is 0 Å². The highest BCUT2D eigenvalue weighted by atomic mass is 15.1. The summed E-state index contributed by atoms with van der Waals surface area (Å²) >= 11 is 0. The Labute approximate surface area is 344 Å². The van der Waals surface area contributed by atoms with E-state index < -0.39 is 0 Å². The molecule has 0 N–H and O–H groups in total. The lowest BCUT2D eigenvalue weighted by atomic mass is 9.87. The summed E-state index contributed by atoms with van der Waals surface area (Å²) in [6, 6.07) is 86.4. The number of rotatable bonds is 7. The average molecular weight is 750 g/mol. The molecule has 0 atom stereocenters. The molecule has 0 bridgehead atoms. The molecule has 0 aliphatic heterocycles. The lowest BCUT2D eigenvalue weighted by Crippen LogP contribution is -2.10. The number of hydrogen-bond acceptors (Lipinski definition) is 1. The van der Waals surface area contributed by atoms with Gasteiger partial charge in [-0.2, -0.15) is 0 Å². The normalized spacial score (nSPS) is 11.4. The summed E-state index contributed by atoms with van der Waals surface area (Å²) in [5.41, 5.74) is 13.0. The second-order valence-corrected chi connectivity index (χ2v) is 15.3. The van der Waals surface area contributed by atoms with Crippen LogP contribution < -0.4 is 4.90 Å². The third kappa shape index (κ3) is 6.30. The number of nitrogens with zero attached hydrogens (tertiary/aromatic N) is 1. The zero-order valence-corrected chi connectivity index (χ0v) is 32.5. The second-order valence-electron chi connectivity index (χ2n) is 15.3. The highest BCUT2D eigenvalue weighted by Gasteiger charge is 2.20. The third-order valence-electron chi connectivity index (χ3n) is 11.8. The lowest BCUT2D eigenvalue weighted by Gasteiger charge is -2.28. The molecule has 0 saturated heterocycles. The van der Waals surface area contributed by atoms with Crippen molar-refractivity contribution in [1.29, 1.82) is 0 Å². The van der Waals surface area contributed by atoms with Crippen LogP contribution in [0.4, 0.5) is 17.1 Å². The van der Waals surface area contributed by atoms with Crippen molar-refractivity contribution in [2.75, 3.05) is 4.90 Å². The molecule has 11 rings (SSSR count). The van der Waals surface area contributed by atoms with Crippen LogP contribution in [0.2, 0.25) is 0 Å². The fourth-order valence-electron chi connectivity index (χ4n) is 8.93. The van der Waals surface area contributed by atoms with Crippen LogP contribution in [0, 0.1) is 0 Å². The Morgan fingerprint density at radius 2 is 0.729 bits per heavy atom. The van der Waals surface area contributed by atoms with Crippen molar-refractivity contribution in [2.24, 2.45) is 0 Å². The Morgan fingerprint density at radius 3 is 1.51 bits per heavy atom. The fourth-order valence-corrected chi connectivity index (χ4v) is 8.93. The number of anilines is 3. The Hall–Kier alpha value is -7.74. The van der Waals surface area contributed by atoms with E-state index >= 15 is 0 Å². The van der Waals surface area contributed by atoms with Gasteiger partial charge in [0.25, 0.3) is 0 Å². The Bertz CT molecular complexity index is 3310. The van der Waals surface area contributed by atoms with Gasteiger partial charge in [0.15, 0.2) is 0 Å². The SMILES string of the molecule is c1ccc(-c2ccc(N(c3ccc(-c4cc5ccccc5c5ccccc45)c(-c4cccc5ccccc45)c3)c3ccc4cc(-c5ccccc5)ccc4c3)cc2)cc1. The molecule has 0 radical (unpaired) electrons. The van der Waals surface area contributed by atoms with Crippen LogP contribution in [0.1, 0.15) is 0 Å². The molecule has 276 valence electrons. The van der Waals surface area contributed by atoms with Gasteiger partial charge in [0.05, 0.1) is 0 Å². The number of benzene rings is 11. The minimum Gasteiger partial charge on any atom is -0.310 e. The van der Waals surface area contributed by atoms with Gasteiger partial charge in [-0.1, -0.05) is 188 Å². The predicted molar refractivity (Wildman–Crippen MR) is 253 cm³/mol. The molecule has 59 heavy (non-hydrogen) atoms. The first-order valence-electron chi connectivity index (χ1n) is 20.3. The Morgan fingerprint density at radius 1 is 0.203 bits per heavy atom. The molecule has 1 nitrogen and oxygen atoms in total. The summed E-state index contributed by atoms with van der Waals surface area (Å²) in [6.45, 7) is 0. The van der Waals surface area contributed by atoms with Crippen LogP contribution in [0.25, 0.3) is 87.6 Å². The van der Waals surface area contributed by atoms with Crippen LogP contribution in [0.3, 0.4) is 0 Å². The van der Waals surface area contributed by atoms with Crippen molar-refractivity contribution in [1.82, 2.24) is 0 Å². The quantitative estimate of drug-likeness (QED) is 0.147. The van der Waals surface area contributed by atoms with Gasteiger partial charge in [0.2, 0.25) is 0 Å². The summed E-state index contributed by atoms with van der Waals surface area (Å²) in [7, 11) is 0. The van der Waals surface area contributed by atoms with Gasteiger partial charge in [-0.05, 0) is 136 Å². The minimum atomic E-state index is 1.09. The monoisotopic (exact) mass is 749 g/mol. The van der Waals surface area contributed by atoms with Crippen LogP contribution in [0.15, 0.2) is 237 Å². The van der Waals surface area contributed by atoms with Crippen molar-refractivity contribution in [3.05, 3.63) is 237 Å². The molecule has 0 aliphatic carbocycles. The van der Waals surface area contributed by atoms with E-state index in [9.17, 15) is 0 Å². The molecule has 1 heteroatoms. The van der Waals surface area contributed by atoms with Crippen molar-refractivity contribution >= 4 is 60.2 Å². The highest BCUT2D eigenvalue weighted by molar-refractivity contribution is 6.15. The van der Waals surface area contributed by atoms with Crippen molar-refractivity contribution in [3.8, 4) is 44.5 Å². The molecule has 0 spiro atoms. The fraction of sp³-hybridized carbons (Fsp3) is 0. The van der Waals surface area contributed by atoms with Crippen LogP contribution in [-0.2, 0) is 0 Å². The highest BCUT2D eigenvalue weighted by Crippen LogP contribution is 2.46. The molecular weight excluding hydrogens is 711 g/mol. The van der Waals surface area contributed by atoms with E-state index in [-0.39, 0.29) is 0 Å². The molecule has 0 aromatic heterocycles. The van der Waals surface area contributed by atoms with Crippen LogP contribution >= 0.6 is 0 Å². The lowest BCUT2D eigenvalue weighted by molar-refractivity contribution is 1.29. The Kier molecular flexibility index (Phi) is 8.56. The number of hydrogen-bond donors (Lipinski definition) is 0. The van der Waals surface area contributed by atoms with Gasteiger partial charge in [0, 0.05) is 17.1 Å². The summed E-state index contributed by atoms with van der Waals surface area (Å²) in [6.07, 6.45) is 0.